The number of nitrogens with two attached hydrogens (primary N) is 1. The van der Waals surface area contributed by atoms with Gasteiger partial charge in [-0.15, -0.1) is 0 Å². The second-order valence-corrected chi connectivity index (χ2v) is 4.61. The average Bonchev–Trinajstić information content (AvgIpc) is 2.85. The molecule has 1 fully saturated rings. The summed E-state index contributed by atoms with van der Waals surface area (Å²) >= 11 is 0. The maximum atomic E-state index is 11.7. The topological polar surface area (TPSA) is 71.8 Å². The van der Waals surface area contributed by atoms with Gasteiger partial charge in [0, 0.05) is 6.42 Å². The minimum absolute atomic E-state index is 0.0758. The summed E-state index contributed by atoms with van der Waals surface area (Å²) in [4.78, 5) is 18.8. The third-order valence-corrected chi connectivity index (χ3v) is 2.79. The SMILES string of the molecule is CC(C)c1c(N)nc(CC2CC2)[nH]c1=O. The Morgan fingerprint density at radius 1 is 1.53 bits per heavy atom. The zero-order valence-electron chi connectivity index (χ0n) is 9.21. The maximum Gasteiger partial charge on any atom is 0.256 e. The zero-order chi connectivity index (χ0) is 11.0. The van der Waals surface area contributed by atoms with E-state index in [-0.39, 0.29) is 11.5 Å². The molecule has 0 amide bonds. The van der Waals surface area contributed by atoms with E-state index < -0.39 is 0 Å². The van der Waals surface area contributed by atoms with Gasteiger partial charge in [0.15, 0.2) is 0 Å². The van der Waals surface area contributed by atoms with E-state index in [4.69, 9.17) is 5.73 Å². The van der Waals surface area contributed by atoms with E-state index in [2.05, 4.69) is 9.97 Å². The smallest absolute Gasteiger partial charge is 0.256 e. The molecule has 1 aromatic rings. The minimum Gasteiger partial charge on any atom is -0.383 e. The van der Waals surface area contributed by atoms with Gasteiger partial charge in [-0.25, -0.2) is 4.98 Å². The van der Waals surface area contributed by atoms with E-state index in [0.717, 1.165) is 12.2 Å². The molecule has 1 saturated carbocycles. The zero-order valence-corrected chi connectivity index (χ0v) is 9.21. The molecule has 3 N–H and O–H groups in total. The molecule has 1 aliphatic carbocycles. The van der Waals surface area contributed by atoms with Crippen molar-refractivity contribution >= 4 is 5.82 Å². The Morgan fingerprint density at radius 3 is 2.67 bits per heavy atom. The molecular formula is C11H17N3O. The van der Waals surface area contributed by atoms with Crippen LogP contribution in [0.1, 0.15) is 44.0 Å². The average molecular weight is 207 g/mol. The second-order valence-electron chi connectivity index (χ2n) is 4.61. The van der Waals surface area contributed by atoms with E-state index in [1.165, 1.54) is 12.8 Å². The normalized spacial score (nSPS) is 15.9. The predicted octanol–water partition coefficient (Wildman–Crippen LogP) is 1.43. The van der Waals surface area contributed by atoms with Gasteiger partial charge in [0.25, 0.3) is 5.56 Å². The number of nitrogens with zero attached hydrogens (tertiary/aromatic N) is 1. The van der Waals surface area contributed by atoms with Gasteiger partial charge in [0.1, 0.15) is 11.6 Å². The number of nitrogens with one attached hydrogen (secondary N) is 1. The molecule has 82 valence electrons. The molecule has 0 saturated heterocycles. The summed E-state index contributed by atoms with van der Waals surface area (Å²) < 4.78 is 0. The van der Waals surface area contributed by atoms with E-state index >= 15 is 0 Å². The summed E-state index contributed by atoms with van der Waals surface area (Å²) in [5.41, 5.74) is 6.32. The van der Waals surface area contributed by atoms with Crippen molar-refractivity contribution in [2.45, 2.75) is 39.0 Å². The Labute approximate surface area is 88.9 Å². The van der Waals surface area contributed by atoms with Gasteiger partial charge in [-0.05, 0) is 24.7 Å². The lowest BCUT2D eigenvalue weighted by atomic mass is 10.1. The van der Waals surface area contributed by atoms with Crippen molar-refractivity contribution in [3.63, 3.8) is 0 Å². The van der Waals surface area contributed by atoms with Crippen LogP contribution in [-0.2, 0) is 6.42 Å². The molecule has 0 atom stereocenters. The molecule has 4 nitrogen and oxygen atoms in total. The number of aromatic nitrogens is 2. The van der Waals surface area contributed by atoms with Crippen molar-refractivity contribution in [3.05, 3.63) is 21.7 Å². The van der Waals surface area contributed by atoms with Gasteiger partial charge in [-0.2, -0.15) is 0 Å². The summed E-state index contributed by atoms with van der Waals surface area (Å²) in [7, 11) is 0. The molecule has 0 aliphatic heterocycles. The number of nitrogen functional groups attached to an aromatic ring is 1. The third-order valence-electron chi connectivity index (χ3n) is 2.79. The molecule has 1 aliphatic rings. The standard InChI is InChI=1S/C11H17N3O/c1-6(2)9-10(12)13-8(14-11(9)15)5-7-3-4-7/h6-7H,3-5H2,1-2H3,(H3,12,13,14,15). The van der Waals surface area contributed by atoms with Gasteiger partial charge in [-0.3, -0.25) is 4.79 Å². The van der Waals surface area contributed by atoms with E-state index in [1.807, 2.05) is 13.8 Å². The van der Waals surface area contributed by atoms with Crippen molar-refractivity contribution in [2.75, 3.05) is 5.73 Å². The molecule has 15 heavy (non-hydrogen) atoms. The highest BCUT2D eigenvalue weighted by Gasteiger charge is 2.23. The second kappa shape index (κ2) is 3.68. The molecule has 2 rings (SSSR count). The van der Waals surface area contributed by atoms with Crippen LogP contribution in [-0.4, -0.2) is 9.97 Å². The van der Waals surface area contributed by atoms with Crippen LogP contribution in [0.25, 0.3) is 0 Å². The van der Waals surface area contributed by atoms with Crippen LogP contribution in [0.2, 0.25) is 0 Å². The molecule has 4 heteroatoms. The molecule has 0 spiro atoms. The van der Waals surface area contributed by atoms with Crippen molar-refractivity contribution in [2.24, 2.45) is 5.92 Å². The Morgan fingerprint density at radius 2 is 2.20 bits per heavy atom. The monoisotopic (exact) mass is 207 g/mol. The lowest BCUT2D eigenvalue weighted by Crippen LogP contribution is -2.21. The lowest BCUT2D eigenvalue weighted by Gasteiger charge is -2.08. The summed E-state index contributed by atoms with van der Waals surface area (Å²) in [6.07, 6.45) is 3.35. The van der Waals surface area contributed by atoms with Crippen LogP contribution in [0.5, 0.6) is 0 Å². The summed E-state index contributed by atoms with van der Waals surface area (Å²) in [5, 5.41) is 0. The highest BCUT2D eigenvalue weighted by molar-refractivity contribution is 5.39. The number of aromatic amines is 1. The van der Waals surface area contributed by atoms with E-state index in [1.54, 1.807) is 0 Å². The van der Waals surface area contributed by atoms with E-state index in [0.29, 0.717) is 17.3 Å². The predicted molar refractivity (Wildman–Crippen MR) is 59.8 cm³/mol. The molecule has 0 bridgehead atoms. The number of rotatable bonds is 3. The quantitative estimate of drug-likeness (QED) is 0.787. The summed E-state index contributed by atoms with van der Waals surface area (Å²) in [5.74, 6) is 1.96. The van der Waals surface area contributed by atoms with Crippen LogP contribution in [0.4, 0.5) is 5.82 Å². The Kier molecular flexibility index (Phi) is 2.50. The highest BCUT2D eigenvalue weighted by Crippen LogP contribution is 2.31. The van der Waals surface area contributed by atoms with Crippen LogP contribution < -0.4 is 11.3 Å². The molecule has 0 radical (unpaired) electrons. The first-order valence-corrected chi connectivity index (χ1v) is 5.46. The van der Waals surface area contributed by atoms with Crippen molar-refractivity contribution < 1.29 is 0 Å². The molecular weight excluding hydrogens is 190 g/mol. The lowest BCUT2D eigenvalue weighted by molar-refractivity contribution is 0.748. The van der Waals surface area contributed by atoms with Gasteiger partial charge >= 0.3 is 0 Å². The first-order chi connectivity index (χ1) is 7.08. The largest absolute Gasteiger partial charge is 0.383 e. The third kappa shape index (κ3) is 2.19. The first-order valence-electron chi connectivity index (χ1n) is 5.46. The fourth-order valence-electron chi connectivity index (χ4n) is 1.80. The van der Waals surface area contributed by atoms with Crippen LogP contribution in [0.3, 0.4) is 0 Å². The number of anilines is 1. The van der Waals surface area contributed by atoms with Gasteiger partial charge in [0.05, 0.1) is 5.56 Å². The van der Waals surface area contributed by atoms with Crippen LogP contribution in [0, 0.1) is 5.92 Å². The van der Waals surface area contributed by atoms with Gasteiger partial charge in [0.2, 0.25) is 0 Å². The number of hydrogen-bond acceptors (Lipinski definition) is 3. The van der Waals surface area contributed by atoms with Crippen molar-refractivity contribution in [1.29, 1.82) is 0 Å². The highest BCUT2D eigenvalue weighted by atomic mass is 16.1. The molecule has 0 unspecified atom stereocenters. The molecule has 0 aromatic carbocycles. The fraction of sp³-hybridized carbons (Fsp3) is 0.636. The Balaban J connectivity index is 2.33. The first kappa shape index (κ1) is 10.2. The Hall–Kier alpha value is -1.32. The van der Waals surface area contributed by atoms with Crippen molar-refractivity contribution in [1.82, 2.24) is 9.97 Å². The fourth-order valence-corrected chi connectivity index (χ4v) is 1.80. The summed E-state index contributed by atoms with van der Waals surface area (Å²) in [6.45, 7) is 3.90. The number of H-pyrrole nitrogens is 1. The molecule has 1 aromatic heterocycles. The van der Waals surface area contributed by atoms with E-state index in [9.17, 15) is 4.79 Å². The van der Waals surface area contributed by atoms with Gasteiger partial charge in [-0.1, -0.05) is 13.8 Å². The molecule has 1 heterocycles. The summed E-state index contributed by atoms with van der Waals surface area (Å²) in [6, 6.07) is 0. The maximum absolute atomic E-state index is 11.7. The van der Waals surface area contributed by atoms with Crippen molar-refractivity contribution in [3.8, 4) is 0 Å². The minimum atomic E-state index is -0.0758. The van der Waals surface area contributed by atoms with Crippen LogP contribution >= 0.6 is 0 Å². The van der Waals surface area contributed by atoms with Crippen LogP contribution in [0.15, 0.2) is 4.79 Å². The van der Waals surface area contributed by atoms with Gasteiger partial charge < -0.3 is 10.7 Å². The number of hydrogen-bond donors (Lipinski definition) is 2. The Bertz CT molecular complexity index is 418.